The molecule has 7 nitrogen and oxygen atoms in total. The molecule has 0 fully saturated rings. The van der Waals surface area contributed by atoms with E-state index in [9.17, 15) is 9.59 Å². The Labute approximate surface area is 186 Å². The van der Waals surface area contributed by atoms with Gasteiger partial charge in [0.25, 0.3) is 5.82 Å². The molecular weight excluding hydrogens is 430 g/mol. The second-order valence-corrected chi connectivity index (χ2v) is 7.41. The number of rotatable bonds is 3. The smallest absolute Gasteiger partial charge is 0.378 e. The number of carbonyl (C=O) groups is 1. The van der Waals surface area contributed by atoms with Crippen LogP contribution in [0.4, 0.5) is 0 Å². The van der Waals surface area contributed by atoms with Crippen LogP contribution in [-0.4, -0.2) is 28.3 Å². The van der Waals surface area contributed by atoms with Gasteiger partial charge in [0, 0.05) is 33.0 Å². The van der Waals surface area contributed by atoms with Crippen molar-refractivity contribution in [1.29, 1.82) is 0 Å². The standard InChI is InChI=1S/C24H14ClN3O4/c1-31-24(30)23-26-20(14-6-9-15(25)10-7-14)21(27-28-23)18-12-19(29)32-22-16-5-3-2-4-13(16)8-11-17(18)22/h2-12H,1H3. The lowest BCUT2D eigenvalue weighted by Crippen LogP contribution is -2.11. The van der Waals surface area contributed by atoms with Crippen molar-refractivity contribution < 1.29 is 13.9 Å². The van der Waals surface area contributed by atoms with E-state index in [1.807, 2.05) is 36.4 Å². The van der Waals surface area contributed by atoms with E-state index in [2.05, 4.69) is 15.2 Å². The van der Waals surface area contributed by atoms with Crippen LogP contribution in [0, 0.1) is 0 Å². The zero-order chi connectivity index (χ0) is 22.2. The third-order valence-corrected chi connectivity index (χ3v) is 5.31. The summed E-state index contributed by atoms with van der Waals surface area (Å²) in [6.07, 6.45) is 0. The van der Waals surface area contributed by atoms with Gasteiger partial charge in [-0.05, 0) is 23.6 Å². The molecule has 0 aliphatic heterocycles. The van der Waals surface area contributed by atoms with Gasteiger partial charge in [0.05, 0.1) is 7.11 Å². The van der Waals surface area contributed by atoms with E-state index >= 15 is 0 Å². The average molecular weight is 444 g/mol. The lowest BCUT2D eigenvalue weighted by molar-refractivity contribution is 0.0585. The van der Waals surface area contributed by atoms with Crippen molar-refractivity contribution in [1.82, 2.24) is 15.2 Å². The Morgan fingerprint density at radius 1 is 0.938 bits per heavy atom. The Hall–Kier alpha value is -4.10. The molecular formula is C24H14ClN3O4. The minimum Gasteiger partial charge on any atom is -0.463 e. The largest absolute Gasteiger partial charge is 0.463 e. The molecule has 2 heterocycles. The topological polar surface area (TPSA) is 95.2 Å². The number of halogens is 1. The fourth-order valence-electron chi connectivity index (χ4n) is 3.58. The van der Waals surface area contributed by atoms with Crippen molar-refractivity contribution in [3.05, 3.63) is 88.0 Å². The number of benzene rings is 3. The first kappa shape index (κ1) is 19.8. The van der Waals surface area contributed by atoms with Crippen LogP contribution in [0.1, 0.15) is 10.6 Å². The maximum atomic E-state index is 12.5. The van der Waals surface area contributed by atoms with Gasteiger partial charge < -0.3 is 9.15 Å². The zero-order valence-electron chi connectivity index (χ0n) is 16.7. The molecule has 0 saturated carbocycles. The molecule has 0 radical (unpaired) electrons. The number of carbonyl (C=O) groups excluding carboxylic acids is 1. The van der Waals surface area contributed by atoms with Gasteiger partial charge in [0.15, 0.2) is 0 Å². The second-order valence-electron chi connectivity index (χ2n) is 6.97. The molecule has 0 N–H and O–H groups in total. The summed E-state index contributed by atoms with van der Waals surface area (Å²) < 4.78 is 10.3. The highest BCUT2D eigenvalue weighted by molar-refractivity contribution is 6.30. The number of esters is 1. The van der Waals surface area contributed by atoms with Gasteiger partial charge in [-0.15, -0.1) is 10.2 Å². The van der Waals surface area contributed by atoms with Crippen molar-refractivity contribution >= 4 is 39.3 Å². The number of nitrogens with zero attached hydrogens (tertiary/aromatic N) is 3. The average Bonchev–Trinajstić information content (AvgIpc) is 2.83. The minimum absolute atomic E-state index is 0.195. The van der Waals surface area contributed by atoms with Crippen molar-refractivity contribution in [3.8, 4) is 22.5 Å². The first-order valence-electron chi connectivity index (χ1n) is 9.60. The Bertz CT molecular complexity index is 1560. The highest BCUT2D eigenvalue weighted by Gasteiger charge is 2.21. The van der Waals surface area contributed by atoms with Gasteiger partial charge in [-0.3, -0.25) is 0 Å². The normalized spacial score (nSPS) is 11.1. The molecule has 0 atom stereocenters. The first-order chi connectivity index (χ1) is 15.5. The number of hydrogen-bond acceptors (Lipinski definition) is 7. The number of fused-ring (bicyclic) bond motifs is 3. The molecule has 0 aliphatic rings. The van der Waals surface area contributed by atoms with Crippen molar-refractivity contribution in [2.45, 2.75) is 0 Å². The summed E-state index contributed by atoms with van der Waals surface area (Å²) in [4.78, 5) is 28.9. The van der Waals surface area contributed by atoms with Crippen LogP contribution in [0.2, 0.25) is 5.02 Å². The molecule has 0 amide bonds. The molecule has 0 unspecified atom stereocenters. The Morgan fingerprint density at radius 2 is 1.72 bits per heavy atom. The van der Waals surface area contributed by atoms with E-state index in [0.717, 1.165) is 10.8 Å². The van der Waals surface area contributed by atoms with Gasteiger partial charge in [0.1, 0.15) is 17.0 Å². The molecule has 2 aromatic heterocycles. The minimum atomic E-state index is -0.720. The molecule has 0 spiro atoms. The van der Waals surface area contributed by atoms with Gasteiger partial charge in [-0.2, -0.15) is 0 Å². The van der Waals surface area contributed by atoms with Gasteiger partial charge in [-0.25, -0.2) is 14.6 Å². The van der Waals surface area contributed by atoms with E-state index in [-0.39, 0.29) is 5.82 Å². The molecule has 8 heteroatoms. The van der Waals surface area contributed by atoms with Crippen LogP contribution in [0.3, 0.4) is 0 Å². The lowest BCUT2D eigenvalue weighted by Gasteiger charge is -2.11. The Balaban J connectivity index is 1.85. The maximum absolute atomic E-state index is 12.5. The molecule has 3 aromatic carbocycles. The van der Waals surface area contributed by atoms with Crippen LogP contribution in [-0.2, 0) is 4.74 Å². The summed E-state index contributed by atoms with van der Waals surface area (Å²) in [5.74, 6) is -0.915. The fourth-order valence-corrected chi connectivity index (χ4v) is 3.71. The van der Waals surface area contributed by atoms with Crippen molar-refractivity contribution in [2.24, 2.45) is 0 Å². The SMILES string of the molecule is COC(=O)c1nnc(-c2cc(=O)oc3c2ccc2ccccc23)c(-c2ccc(Cl)cc2)n1. The summed E-state index contributed by atoms with van der Waals surface area (Å²) in [5.41, 5.74) is 1.72. The van der Waals surface area contributed by atoms with Crippen LogP contribution < -0.4 is 5.63 Å². The molecule has 0 bridgehead atoms. The van der Waals surface area contributed by atoms with E-state index in [4.69, 9.17) is 20.8 Å². The Morgan fingerprint density at radius 3 is 2.50 bits per heavy atom. The van der Waals surface area contributed by atoms with E-state index < -0.39 is 11.6 Å². The summed E-state index contributed by atoms with van der Waals surface area (Å²) in [6.45, 7) is 0. The number of methoxy groups -OCH3 is 1. The van der Waals surface area contributed by atoms with Gasteiger partial charge >= 0.3 is 11.6 Å². The highest BCUT2D eigenvalue weighted by Crippen LogP contribution is 2.35. The third-order valence-electron chi connectivity index (χ3n) is 5.06. The monoisotopic (exact) mass is 443 g/mol. The maximum Gasteiger partial charge on any atom is 0.378 e. The van der Waals surface area contributed by atoms with Crippen LogP contribution in [0.5, 0.6) is 0 Å². The van der Waals surface area contributed by atoms with Crippen molar-refractivity contribution in [3.63, 3.8) is 0 Å². The Kier molecular flexibility index (Phi) is 4.88. The molecule has 156 valence electrons. The van der Waals surface area contributed by atoms with Gasteiger partial charge in [-0.1, -0.05) is 54.1 Å². The van der Waals surface area contributed by atoms with Gasteiger partial charge in [0.2, 0.25) is 0 Å². The van der Waals surface area contributed by atoms with E-state index in [0.29, 0.717) is 38.5 Å². The number of hydrogen-bond donors (Lipinski definition) is 0. The van der Waals surface area contributed by atoms with Crippen LogP contribution in [0.15, 0.2) is 75.9 Å². The predicted molar refractivity (Wildman–Crippen MR) is 121 cm³/mol. The fraction of sp³-hybridized carbons (Fsp3) is 0.0417. The second kappa shape index (κ2) is 7.86. The van der Waals surface area contributed by atoms with Crippen LogP contribution in [0.25, 0.3) is 44.3 Å². The summed E-state index contributed by atoms with van der Waals surface area (Å²) in [7, 11) is 1.24. The zero-order valence-corrected chi connectivity index (χ0v) is 17.5. The van der Waals surface area contributed by atoms with Crippen molar-refractivity contribution in [2.75, 3.05) is 7.11 Å². The molecule has 32 heavy (non-hydrogen) atoms. The quantitative estimate of drug-likeness (QED) is 0.222. The molecule has 5 aromatic rings. The van der Waals surface area contributed by atoms with E-state index in [1.165, 1.54) is 13.2 Å². The van der Waals surface area contributed by atoms with Crippen LogP contribution >= 0.6 is 11.6 Å². The number of ether oxygens (including phenoxy) is 1. The molecule has 0 saturated heterocycles. The summed E-state index contributed by atoms with van der Waals surface area (Å²) in [6, 6.07) is 19.7. The summed E-state index contributed by atoms with van der Waals surface area (Å²) in [5, 5.41) is 11.1. The summed E-state index contributed by atoms with van der Waals surface area (Å²) >= 11 is 6.04. The predicted octanol–water partition coefficient (Wildman–Crippen LogP) is 4.91. The first-order valence-corrected chi connectivity index (χ1v) is 9.98. The third kappa shape index (κ3) is 3.38. The van der Waals surface area contributed by atoms with E-state index in [1.54, 1.807) is 24.3 Å². The molecule has 5 rings (SSSR count). The number of aromatic nitrogens is 3. The lowest BCUT2D eigenvalue weighted by atomic mass is 9.99. The highest BCUT2D eigenvalue weighted by atomic mass is 35.5. The molecule has 0 aliphatic carbocycles.